The maximum Gasteiger partial charge on any atom is 0.242 e. The number of carbonyl (C=O) groups excluding carboxylic acids is 1. The van der Waals surface area contributed by atoms with E-state index >= 15 is 0 Å². The number of amides is 1. The monoisotopic (exact) mass is 341 g/mol. The van der Waals surface area contributed by atoms with Crippen molar-refractivity contribution in [3.63, 3.8) is 0 Å². The fourth-order valence-electron chi connectivity index (χ4n) is 2.32. The fraction of sp³-hybridized carbons (Fsp3) is 0.467. The molecule has 0 saturated heterocycles. The van der Waals surface area contributed by atoms with Gasteiger partial charge < -0.3 is 9.84 Å². The van der Waals surface area contributed by atoms with Crippen LogP contribution in [0.15, 0.2) is 22.7 Å². The summed E-state index contributed by atoms with van der Waals surface area (Å²) in [5.41, 5.74) is 0. The van der Waals surface area contributed by atoms with Crippen LogP contribution in [0.25, 0.3) is 0 Å². The summed E-state index contributed by atoms with van der Waals surface area (Å²) in [7, 11) is 0. The summed E-state index contributed by atoms with van der Waals surface area (Å²) < 4.78 is 5.74. The van der Waals surface area contributed by atoms with Crippen LogP contribution >= 0.6 is 22.9 Å². The van der Waals surface area contributed by atoms with Crippen molar-refractivity contribution in [2.24, 2.45) is 0 Å². The Morgan fingerprint density at radius 1 is 1.50 bits per heavy atom. The van der Waals surface area contributed by atoms with Gasteiger partial charge in [-0.2, -0.15) is 0 Å². The normalized spacial score (nSPS) is 12.6. The zero-order valence-corrected chi connectivity index (χ0v) is 14.5. The Labute approximate surface area is 139 Å². The minimum Gasteiger partial charge on any atom is -0.360 e. The first-order chi connectivity index (χ1) is 10.5. The molecular formula is C15H20ClN3O2S. The smallest absolute Gasteiger partial charge is 0.242 e. The Morgan fingerprint density at radius 2 is 2.27 bits per heavy atom. The van der Waals surface area contributed by atoms with E-state index < -0.39 is 0 Å². The SMILES string of the molecule is CCC(C(=O)Nc1cc(C)on1)N(CC)Cc1ccc(Cl)s1. The van der Waals surface area contributed by atoms with E-state index in [1.165, 1.54) is 0 Å². The maximum absolute atomic E-state index is 12.5. The molecule has 1 unspecified atom stereocenters. The highest BCUT2D eigenvalue weighted by atomic mass is 35.5. The molecule has 1 amide bonds. The first-order valence-corrected chi connectivity index (χ1v) is 8.45. The molecule has 0 fully saturated rings. The maximum atomic E-state index is 12.5. The Kier molecular flexibility index (Phi) is 5.99. The Balaban J connectivity index is 2.04. The van der Waals surface area contributed by atoms with Gasteiger partial charge >= 0.3 is 0 Å². The van der Waals surface area contributed by atoms with Crippen LogP contribution in [0.1, 0.15) is 30.9 Å². The van der Waals surface area contributed by atoms with Crippen molar-refractivity contribution in [2.75, 3.05) is 11.9 Å². The highest BCUT2D eigenvalue weighted by molar-refractivity contribution is 7.16. The van der Waals surface area contributed by atoms with Crippen LogP contribution in [0.3, 0.4) is 0 Å². The number of likely N-dealkylation sites (N-methyl/N-ethyl adjacent to an activating group) is 1. The van der Waals surface area contributed by atoms with Crippen LogP contribution in [0.2, 0.25) is 4.34 Å². The lowest BCUT2D eigenvalue weighted by Crippen LogP contribution is -2.43. The lowest BCUT2D eigenvalue weighted by Gasteiger charge is -2.28. The molecule has 120 valence electrons. The van der Waals surface area contributed by atoms with Gasteiger partial charge in [0.05, 0.1) is 10.4 Å². The lowest BCUT2D eigenvalue weighted by atomic mass is 10.1. The number of carbonyl (C=O) groups is 1. The molecular weight excluding hydrogens is 322 g/mol. The number of aromatic nitrogens is 1. The second-order valence-electron chi connectivity index (χ2n) is 5.01. The summed E-state index contributed by atoms with van der Waals surface area (Å²) >= 11 is 7.52. The third-order valence-corrected chi connectivity index (χ3v) is 4.62. The van der Waals surface area contributed by atoms with Crippen LogP contribution in [0, 0.1) is 6.92 Å². The summed E-state index contributed by atoms with van der Waals surface area (Å²) in [5, 5.41) is 6.62. The van der Waals surface area contributed by atoms with E-state index in [0.29, 0.717) is 18.1 Å². The molecule has 0 saturated carbocycles. The van der Waals surface area contributed by atoms with Gasteiger partial charge in [-0.05, 0) is 32.0 Å². The van der Waals surface area contributed by atoms with Crippen LogP contribution in [0.4, 0.5) is 5.82 Å². The molecule has 0 aliphatic heterocycles. The highest BCUT2D eigenvalue weighted by Crippen LogP contribution is 2.24. The van der Waals surface area contributed by atoms with Crippen molar-refractivity contribution in [1.82, 2.24) is 10.1 Å². The molecule has 0 aliphatic rings. The van der Waals surface area contributed by atoms with Crippen molar-refractivity contribution in [1.29, 1.82) is 0 Å². The standard InChI is InChI=1S/C15H20ClN3O2S/c1-4-12(15(20)17-14-8-10(3)21-18-14)19(5-2)9-11-6-7-13(16)22-11/h6-8,12H,4-5,9H2,1-3H3,(H,17,18,20). The summed E-state index contributed by atoms with van der Waals surface area (Å²) in [6.45, 7) is 7.32. The van der Waals surface area contributed by atoms with Gasteiger partial charge in [-0.3, -0.25) is 9.69 Å². The largest absolute Gasteiger partial charge is 0.360 e. The quantitative estimate of drug-likeness (QED) is 0.828. The predicted molar refractivity (Wildman–Crippen MR) is 89.4 cm³/mol. The molecule has 2 rings (SSSR count). The van der Waals surface area contributed by atoms with Gasteiger partial charge in [0.15, 0.2) is 5.82 Å². The third-order valence-electron chi connectivity index (χ3n) is 3.40. The van der Waals surface area contributed by atoms with Crippen molar-refractivity contribution < 1.29 is 9.32 Å². The molecule has 1 atom stereocenters. The molecule has 2 aromatic heterocycles. The zero-order valence-electron chi connectivity index (χ0n) is 12.9. The van der Waals surface area contributed by atoms with Crippen LogP contribution < -0.4 is 5.32 Å². The highest BCUT2D eigenvalue weighted by Gasteiger charge is 2.24. The molecule has 1 N–H and O–H groups in total. The summed E-state index contributed by atoms with van der Waals surface area (Å²) in [6, 6.07) is 5.37. The first-order valence-electron chi connectivity index (χ1n) is 7.26. The average Bonchev–Trinajstić information content (AvgIpc) is 3.07. The minimum absolute atomic E-state index is 0.0692. The van der Waals surface area contributed by atoms with Gasteiger partial charge in [0.2, 0.25) is 5.91 Å². The molecule has 7 heteroatoms. The number of hydrogen-bond acceptors (Lipinski definition) is 5. The van der Waals surface area contributed by atoms with Gasteiger partial charge in [0, 0.05) is 17.5 Å². The van der Waals surface area contributed by atoms with E-state index in [1.807, 2.05) is 26.0 Å². The number of nitrogens with zero attached hydrogens (tertiary/aromatic N) is 2. The van der Waals surface area contributed by atoms with Gasteiger partial charge in [0.25, 0.3) is 0 Å². The number of aryl methyl sites for hydroxylation is 1. The van der Waals surface area contributed by atoms with E-state index in [1.54, 1.807) is 24.3 Å². The molecule has 2 aromatic rings. The number of anilines is 1. The van der Waals surface area contributed by atoms with Crippen molar-refractivity contribution in [2.45, 2.75) is 39.8 Å². The molecule has 2 heterocycles. The molecule has 0 radical (unpaired) electrons. The van der Waals surface area contributed by atoms with Gasteiger partial charge in [-0.1, -0.05) is 30.6 Å². The number of thiophene rings is 1. The summed E-state index contributed by atoms with van der Waals surface area (Å²) in [5.74, 6) is 1.06. The molecule has 0 aliphatic carbocycles. The van der Waals surface area contributed by atoms with Crippen molar-refractivity contribution in [3.05, 3.63) is 33.2 Å². The predicted octanol–water partition coefficient (Wildman–Crippen LogP) is 3.94. The molecule has 22 heavy (non-hydrogen) atoms. The summed E-state index contributed by atoms with van der Waals surface area (Å²) in [6.07, 6.45) is 0.718. The molecule has 0 bridgehead atoms. The van der Waals surface area contributed by atoms with E-state index in [9.17, 15) is 4.79 Å². The van der Waals surface area contributed by atoms with Crippen molar-refractivity contribution >= 4 is 34.7 Å². The fourth-order valence-corrected chi connectivity index (χ4v) is 3.44. The second-order valence-corrected chi connectivity index (χ2v) is 6.80. The summed E-state index contributed by atoms with van der Waals surface area (Å²) in [4.78, 5) is 15.8. The Hall–Kier alpha value is -1.37. The number of rotatable bonds is 7. The van der Waals surface area contributed by atoms with E-state index in [0.717, 1.165) is 22.2 Å². The van der Waals surface area contributed by atoms with E-state index in [-0.39, 0.29) is 11.9 Å². The number of nitrogens with one attached hydrogen (secondary N) is 1. The van der Waals surface area contributed by atoms with Gasteiger partial charge in [0.1, 0.15) is 5.76 Å². The van der Waals surface area contributed by atoms with Crippen LogP contribution in [-0.2, 0) is 11.3 Å². The Morgan fingerprint density at radius 3 is 2.77 bits per heavy atom. The van der Waals surface area contributed by atoms with E-state index in [4.69, 9.17) is 16.1 Å². The zero-order chi connectivity index (χ0) is 16.1. The number of halogens is 1. The second kappa shape index (κ2) is 7.76. The average molecular weight is 342 g/mol. The Bertz CT molecular complexity index is 626. The minimum atomic E-state index is -0.220. The number of hydrogen-bond donors (Lipinski definition) is 1. The molecule has 5 nitrogen and oxygen atoms in total. The van der Waals surface area contributed by atoms with Crippen LogP contribution in [-0.4, -0.2) is 28.6 Å². The molecule has 0 aromatic carbocycles. The topological polar surface area (TPSA) is 58.4 Å². The van der Waals surface area contributed by atoms with Gasteiger partial charge in [-0.25, -0.2) is 0 Å². The van der Waals surface area contributed by atoms with Gasteiger partial charge in [-0.15, -0.1) is 11.3 Å². The third kappa shape index (κ3) is 4.32. The lowest BCUT2D eigenvalue weighted by molar-refractivity contribution is -0.121. The van der Waals surface area contributed by atoms with E-state index in [2.05, 4.69) is 15.4 Å². The van der Waals surface area contributed by atoms with Crippen molar-refractivity contribution in [3.8, 4) is 0 Å². The first kappa shape index (κ1) is 17.0. The molecule has 0 spiro atoms. The van der Waals surface area contributed by atoms with Crippen LogP contribution in [0.5, 0.6) is 0 Å².